The molecule has 8 heteroatoms. The van der Waals surface area contributed by atoms with Crippen molar-refractivity contribution in [2.24, 2.45) is 0 Å². The Kier molecular flexibility index (Phi) is 5.81. The van der Waals surface area contributed by atoms with Gasteiger partial charge in [-0.25, -0.2) is 13.4 Å². The fraction of sp³-hybridized carbons (Fsp3) is 0.636. The lowest BCUT2D eigenvalue weighted by Gasteiger charge is -2.19. The average Bonchev–Trinajstić information content (AvgIpc) is 2.34. The van der Waals surface area contributed by atoms with Crippen LogP contribution >= 0.6 is 11.6 Å². The Labute approximate surface area is 119 Å². The molecule has 0 fully saturated rings. The Morgan fingerprint density at radius 3 is 2.74 bits per heavy atom. The molecule has 0 saturated carbocycles. The van der Waals surface area contributed by atoms with Crippen LogP contribution < -0.4 is 10.2 Å². The van der Waals surface area contributed by atoms with Crippen molar-refractivity contribution < 1.29 is 8.42 Å². The summed E-state index contributed by atoms with van der Waals surface area (Å²) in [4.78, 5) is 10.1. The van der Waals surface area contributed by atoms with Gasteiger partial charge in [0, 0.05) is 26.4 Å². The summed E-state index contributed by atoms with van der Waals surface area (Å²) in [6, 6.07) is 0. The molecule has 108 valence electrons. The molecule has 0 amide bonds. The Hall–Kier alpha value is -1.08. The first kappa shape index (κ1) is 16.0. The first-order valence-electron chi connectivity index (χ1n) is 5.98. The molecule has 0 aliphatic heterocycles. The number of sulfone groups is 1. The summed E-state index contributed by atoms with van der Waals surface area (Å²) in [5.74, 6) is 1.08. The number of hydrogen-bond donors (Lipinski definition) is 1. The number of aromatic nitrogens is 2. The summed E-state index contributed by atoms with van der Waals surface area (Å²) in [7, 11) is -1.26. The van der Waals surface area contributed by atoms with Gasteiger partial charge in [-0.1, -0.05) is 18.5 Å². The van der Waals surface area contributed by atoms with E-state index in [9.17, 15) is 8.42 Å². The van der Waals surface area contributed by atoms with Crippen LogP contribution in [-0.2, 0) is 9.84 Å². The molecule has 0 atom stereocenters. The Balaban J connectivity index is 2.80. The van der Waals surface area contributed by atoms with E-state index in [0.717, 1.165) is 13.0 Å². The maximum atomic E-state index is 11.2. The number of nitrogens with one attached hydrogen (secondary N) is 1. The summed E-state index contributed by atoms with van der Waals surface area (Å²) in [6.45, 7) is 3.15. The molecule has 0 aliphatic carbocycles. The highest BCUT2D eigenvalue weighted by molar-refractivity contribution is 7.90. The number of nitrogens with zero attached hydrogens (tertiary/aromatic N) is 3. The van der Waals surface area contributed by atoms with Gasteiger partial charge < -0.3 is 10.2 Å². The van der Waals surface area contributed by atoms with Crippen LogP contribution in [0.5, 0.6) is 0 Å². The zero-order valence-electron chi connectivity index (χ0n) is 11.4. The van der Waals surface area contributed by atoms with E-state index >= 15 is 0 Å². The number of rotatable bonds is 7. The second kappa shape index (κ2) is 6.91. The van der Waals surface area contributed by atoms with E-state index in [1.807, 2.05) is 6.92 Å². The lowest BCUT2D eigenvalue weighted by Crippen LogP contribution is -2.26. The second-order valence-electron chi connectivity index (χ2n) is 4.34. The van der Waals surface area contributed by atoms with Gasteiger partial charge in [0.1, 0.15) is 14.9 Å². The molecular weight excluding hydrogens is 288 g/mol. The van der Waals surface area contributed by atoms with Gasteiger partial charge >= 0.3 is 0 Å². The SMILES string of the molecule is CCCNc1ncc(Cl)c(N(C)CCS(C)(=O)=O)n1. The van der Waals surface area contributed by atoms with Crippen molar-refractivity contribution in [3.05, 3.63) is 11.2 Å². The average molecular weight is 307 g/mol. The van der Waals surface area contributed by atoms with Crippen molar-refractivity contribution in [3.8, 4) is 0 Å². The summed E-state index contributed by atoms with van der Waals surface area (Å²) in [6.07, 6.45) is 3.68. The number of anilines is 2. The highest BCUT2D eigenvalue weighted by Crippen LogP contribution is 2.22. The highest BCUT2D eigenvalue weighted by Gasteiger charge is 2.12. The molecule has 1 rings (SSSR count). The predicted octanol–water partition coefficient (Wildman–Crippen LogP) is 1.43. The molecule has 1 N–H and O–H groups in total. The normalized spacial score (nSPS) is 11.4. The largest absolute Gasteiger partial charge is 0.357 e. The molecule has 1 aromatic heterocycles. The summed E-state index contributed by atoms with van der Waals surface area (Å²) in [5, 5.41) is 3.46. The lowest BCUT2D eigenvalue weighted by atomic mass is 10.5. The van der Waals surface area contributed by atoms with Crippen LogP contribution in [0.1, 0.15) is 13.3 Å². The quantitative estimate of drug-likeness (QED) is 0.821. The maximum Gasteiger partial charge on any atom is 0.224 e. The topological polar surface area (TPSA) is 75.2 Å². The van der Waals surface area contributed by atoms with Gasteiger partial charge in [-0.2, -0.15) is 4.98 Å². The van der Waals surface area contributed by atoms with Crippen LogP contribution in [0.15, 0.2) is 6.20 Å². The van der Waals surface area contributed by atoms with Gasteiger partial charge in [-0.15, -0.1) is 0 Å². The molecule has 0 spiro atoms. The first-order valence-corrected chi connectivity index (χ1v) is 8.42. The summed E-state index contributed by atoms with van der Waals surface area (Å²) >= 11 is 6.03. The molecule has 19 heavy (non-hydrogen) atoms. The van der Waals surface area contributed by atoms with E-state index in [4.69, 9.17) is 11.6 Å². The van der Waals surface area contributed by atoms with Crippen LogP contribution in [0.2, 0.25) is 5.02 Å². The molecule has 0 radical (unpaired) electrons. The van der Waals surface area contributed by atoms with Gasteiger partial charge in [-0.3, -0.25) is 0 Å². The van der Waals surface area contributed by atoms with Crippen molar-refractivity contribution in [1.29, 1.82) is 0 Å². The van der Waals surface area contributed by atoms with Gasteiger partial charge in [0.25, 0.3) is 0 Å². The third-order valence-electron chi connectivity index (χ3n) is 2.42. The number of halogens is 1. The smallest absolute Gasteiger partial charge is 0.224 e. The van der Waals surface area contributed by atoms with Crippen LogP contribution in [-0.4, -0.2) is 50.5 Å². The van der Waals surface area contributed by atoms with Gasteiger partial charge in [0.05, 0.1) is 11.9 Å². The fourth-order valence-electron chi connectivity index (χ4n) is 1.36. The summed E-state index contributed by atoms with van der Waals surface area (Å²) < 4.78 is 22.3. The first-order chi connectivity index (χ1) is 8.83. The molecule has 6 nitrogen and oxygen atoms in total. The molecule has 0 aromatic carbocycles. The van der Waals surface area contributed by atoms with Crippen molar-refractivity contribution in [2.75, 3.05) is 42.4 Å². The Morgan fingerprint density at radius 2 is 2.16 bits per heavy atom. The Bertz CT molecular complexity index is 521. The molecule has 1 aromatic rings. The van der Waals surface area contributed by atoms with Gasteiger partial charge in [0.2, 0.25) is 5.95 Å². The second-order valence-corrected chi connectivity index (χ2v) is 7.01. The van der Waals surface area contributed by atoms with E-state index in [0.29, 0.717) is 23.3 Å². The van der Waals surface area contributed by atoms with Crippen molar-refractivity contribution in [2.45, 2.75) is 13.3 Å². The molecule has 0 saturated heterocycles. The Morgan fingerprint density at radius 1 is 1.47 bits per heavy atom. The number of hydrogen-bond acceptors (Lipinski definition) is 6. The third kappa shape index (κ3) is 5.61. The van der Waals surface area contributed by atoms with Gasteiger partial charge in [0.15, 0.2) is 5.82 Å². The maximum absolute atomic E-state index is 11.2. The summed E-state index contributed by atoms with van der Waals surface area (Å²) in [5.41, 5.74) is 0. The molecule has 0 aliphatic rings. The van der Waals surface area contributed by atoms with E-state index in [-0.39, 0.29) is 5.75 Å². The molecule has 1 heterocycles. The van der Waals surface area contributed by atoms with Crippen LogP contribution in [0.25, 0.3) is 0 Å². The van der Waals surface area contributed by atoms with Gasteiger partial charge in [-0.05, 0) is 6.42 Å². The zero-order chi connectivity index (χ0) is 14.5. The van der Waals surface area contributed by atoms with Crippen molar-refractivity contribution in [3.63, 3.8) is 0 Å². The van der Waals surface area contributed by atoms with Crippen LogP contribution in [0, 0.1) is 0 Å². The van der Waals surface area contributed by atoms with Crippen LogP contribution in [0.3, 0.4) is 0 Å². The minimum atomic E-state index is -3.01. The van der Waals surface area contributed by atoms with Crippen molar-refractivity contribution >= 4 is 33.2 Å². The molecule has 0 unspecified atom stereocenters. The fourth-order valence-corrected chi connectivity index (χ4v) is 2.20. The van der Waals surface area contributed by atoms with E-state index in [1.54, 1.807) is 11.9 Å². The molecule has 0 bridgehead atoms. The van der Waals surface area contributed by atoms with Crippen molar-refractivity contribution in [1.82, 2.24) is 9.97 Å². The lowest BCUT2D eigenvalue weighted by molar-refractivity contribution is 0.601. The highest BCUT2D eigenvalue weighted by atomic mass is 35.5. The standard InChI is InChI=1S/C11H19ClN4O2S/c1-4-5-13-11-14-8-9(12)10(15-11)16(2)6-7-19(3,17)18/h8H,4-7H2,1-3H3,(H,13,14,15). The monoisotopic (exact) mass is 306 g/mol. The minimum absolute atomic E-state index is 0.0571. The minimum Gasteiger partial charge on any atom is -0.357 e. The predicted molar refractivity (Wildman–Crippen MR) is 78.8 cm³/mol. The van der Waals surface area contributed by atoms with Crippen LogP contribution in [0.4, 0.5) is 11.8 Å². The molecular formula is C11H19ClN4O2S. The zero-order valence-corrected chi connectivity index (χ0v) is 12.9. The third-order valence-corrected chi connectivity index (χ3v) is 3.61. The van der Waals surface area contributed by atoms with E-state index in [1.165, 1.54) is 12.5 Å². The van der Waals surface area contributed by atoms with E-state index < -0.39 is 9.84 Å². The van der Waals surface area contributed by atoms with E-state index in [2.05, 4.69) is 15.3 Å².